The third-order valence-electron chi connectivity index (χ3n) is 2.66. The summed E-state index contributed by atoms with van der Waals surface area (Å²) in [5.41, 5.74) is 1.72. The van der Waals surface area contributed by atoms with Gasteiger partial charge in [0.25, 0.3) is 0 Å². The Balaban J connectivity index is 2.10. The number of nitrogens with zero attached hydrogens (tertiary/aromatic N) is 3. The maximum absolute atomic E-state index is 12.0. The Morgan fingerprint density at radius 3 is 2.67 bits per heavy atom. The maximum Gasteiger partial charge on any atom is 0.172 e. The van der Waals surface area contributed by atoms with Gasteiger partial charge >= 0.3 is 0 Å². The van der Waals surface area contributed by atoms with Crippen molar-refractivity contribution in [1.29, 1.82) is 0 Å². The highest BCUT2D eigenvalue weighted by Crippen LogP contribution is 2.24. The fraction of sp³-hybridized carbons (Fsp3) is 0.462. The number of rotatable bonds is 3. The van der Waals surface area contributed by atoms with E-state index in [4.69, 9.17) is 0 Å². The first-order valence-corrected chi connectivity index (χ1v) is 6.71. The molecule has 0 saturated carbocycles. The van der Waals surface area contributed by atoms with Crippen molar-refractivity contribution in [2.45, 2.75) is 32.6 Å². The number of ketones is 1. The molecular weight excluding hydrogens is 246 g/mol. The molecule has 2 rings (SSSR count). The molecular formula is C13H17N3OS. The topological polar surface area (TPSA) is 47.8 Å². The van der Waals surface area contributed by atoms with E-state index in [0.29, 0.717) is 12.0 Å². The zero-order chi connectivity index (χ0) is 13.3. The summed E-state index contributed by atoms with van der Waals surface area (Å²) in [6.45, 7) is 6.36. The summed E-state index contributed by atoms with van der Waals surface area (Å²) in [5.74, 6) is 0.0675. The first-order chi connectivity index (χ1) is 8.36. The van der Waals surface area contributed by atoms with Gasteiger partial charge in [-0.2, -0.15) is 5.10 Å². The SMILES string of the molecule is Cn1cc(C(=O)Cc2nc(C(C)(C)C)cs2)cn1. The summed E-state index contributed by atoms with van der Waals surface area (Å²) in [7, 11) is 1.80. The Morgan fingerprint density at radius 2 is 2.17 bits per heavy atom. The molecule has 0 aromatic carbocycles. The van der Waals surface area contributed by atoms with E-state index in [1.165, 1.54) is 0 Å². The number of hydrogen-bond acceptors (Lipinski definition) is 4. The lowest BCUT2D eigenvalue weighted by atomic mass is 9.93. The predicted molar refractivity (Wildman–Crippen MR) is 72.1 cm³/mol. The van der Waals surface area contributed by atoms with Crippen LogP contribution in [0.3, 0.4) is 0 Å². The lowest BCUT2D eigenvalue weighted by Gasteiger charge is -2.14. The summed E-state index contributed by atoms with van der Waals surface area (Å²) >= 11 is 1.55. The molecule has 0 saturated heterocycles. The van der Waals surface area contributed by atoms with E-state index in [0.717, 1.165) is 10.7 Å². The molecule has 0 amide bonds. The summed E-state index contributed by atoms with van der Waals surface area (Å²) < 4.78 is 1.63. The quantitative estimate of drug-likeness (QED) is 0.800. The van der Waals surface area contributed by atoms with Crippen LogP contribution in [0.4, 0.5) is 0 Å². The van der Waals surface area contributed by atoms with E-state index in [1.807, 2.05) is 5.38 Å². The van der Waals surface area contributed by atoms with Gasteiger partial charge in [0.15, 0.2) is 5.78 Å². The van der Waals surface area contributed by atoms with Crippen LogP contribution in [-0.4, -0.2) is 20.5 Å². The molecule has 0 aliphatic heterocycles. The Morgan fingerprint density at radius 1 is 1.44 bits per heavy atom. The van der Waals surface area contributed by atoms with E-state index in [2.05, 4.69) is 30.9 Å². The minimum Gasteiger partial charge on any atom is -0.294 e. The Kier molecular flexibility index (Phi) is 3.34. The highest BCUT2D eigenvalue weighted by molar-refractivity contribution is 7.09. The highest BCUT2D eigenvalue weighted by atomic mass is 32.1. The molecule has 0 spiro atoms. The van der Waals surface area contributed by atoms with Crippen LogP contribution in [0.2, 0.25) is 0 Å². The van der Waals surface area contributed by atoms with Crippen molar-refractivity contribution in [3.8, 4) is 0 Å². The molecule has 4 nitrogen and oxygen atoms in total. The lowest BCUT2D eigenvalue weighted by Crippen LogP contribution is -2.12. The van der Waals surface area contributed by atoms with Gasteiger partial charge in [-0.1, -0.05) is 20.8 Å². The standard InChI is InChI=1S/C13H17N3OS/c1-13(2,3)11-8-18-12(15-11)5-10(17)9-6-14-16(4)7-9/h6-8H,5H2,1-4H3. The Labute approximate surface area is 111 Å². The van der Waals surface area contributed by atoms with Crippen LogP contribution in [0.1, 0.15) is 41.8 Å². The fourth-order valence-corrected chi connectivity index (χ4v) is 2.56. The molecule has 0 bridgehead atoms. The van der Waals surface area contributed by atoms with Crippen LogP contribution in [-0.2, 0) is 18.9 Å². The number of aryl methyl sites for hydroxylation is 1. The third kappa shape index (κ3) is 2.85. The highest BCUT2D eigenvalue weighted by Gasteiger charge is 2.19. The first-order valence-electron chi connectivity index (χ1n) is 5.83. The number of aromatic nitrogens is 3. The molecule has 96 valence electrons. The van der Waals surface area contributed by atoms with Crippen molar-refractivity contribution in [3.05, 3.63) is 34.0 Å². The molecule has 0 aliphatic carbocycles. The summed E-state index contributed by atoms with van der Waals surface area (Å²) in [5, 5.41) is 6.91. The predicted octanol–water partition coefficient (Wildman–Crippen LogP) is 2.60. The fourth-order valence-electron chi connectivity index (χ4n) is 1.54. The monoisotopic (exact) mass is 263 g/mol. The first kappa shape index (κ1) is 13.0. The average molecular weight is 263 g/mol. The average Bonchev–Trinajstić information content (AvgIpc) is 2.85. The molecule has 18 heavy (non-hydrogen) atoms. The maximum atomic E-state index is 12.0. The van der Waals surface area contributed by atoms with Gasteiger partial charge < -0.3 is 0 Å². The van der Waals surface area contributed by atoms with Gasteiger partial charge in [0, 0.05) is 24.0 Å². The molecule has 2 heterocycles. The second-order valence-electron chi connectivity index (χ2n) is 5.38. The van der Waals surface area contributed by atoms with E-state index < -0.39 is 0 Å². The second-order valence-corrected chi connectivity index (χ2v) is 6.32. The third-order valence-corrected chi connectivity index (χ3v) is 3.51. The van der Waals surface area contributed by atoms with Crippen LogP contribution in [0.5, 0.6) is 0 Å². The normalized spacial score (nSPS) is 11.8. The molecule has 0 atom stereocenters. The molecule has 5 heteroatoms. The second kappa shape index (κ2) is 4.65. The van der Waals surface area contributed by atoms with Crippen molar-refractivity contribution in [2.75, 3.05) is 0 Å². The molecule has 0 aliphatic rings. The van der Waals surface area contributed by atoms with Crippen molar-refractivity contribution < 1.29 is 4.79 Å². The van der Waals surface area contributed by atoms with Gasteiger partial charge in [0.05, 0.1) is 23.9 Å². The van der Waals surface area contributed by atoms with Crippen molar-refractivity contribution in [1.82, 2.24) is 14.8 Å². The van der Waals surface area contributed by atoms with Crippen LogP contribution < -0.4 is 0 Å². The van der Waals surface area contributed by atoms with Crippen LogP contribution >= 0.6 is 11.3 Å². The molecule has 2 aromatic rings. The van der Waals surface area contributed by atoms with Gasteiger partial charge in [0.2, 0.25) is 0 Å². The number of Topliss-reactive ketones (excluding diaryl/α,β-unsaturated/α-hetero) is 1. The number of carbonyl (C=O) groups excluding carboxylic acids is 1. The van der Waals surface area contributed by atoms with E-state index in [9.17, 15) is 4.79 Å². The van der Waals surface area contributed by atoms with E-state index in [-0.39, 0.29) is 11.2 Å². The molecule has 0 N–H and O–H groups in total. The van der Waals surface area contributed by atoms with Crippen LogP contribution in [0, 0.1) is 0 Å². The summed E-state index contributed by atoms with van der Waals surface area (Å²) in [6, 6.07) is 0. The van der Waals surface area contributed by atoms with E-state index in [1.54, 1.807) is 35.5 Å². The molecule has 0 radical (unpaired) electrons. The van der Waals surface area contributed by atoms with Gasteiger partial charge in [-0.3, -0.25) is 9.48 Å². The summed E-state index contributed by atoms with van der Waals surface area (Å²) in [6.07, 6.45) is 3.69. The largest absolute Gasteiger partial charge is 0.294 e. The lowest BCUT2D eigenvalue weighted by molar-refractivity contribution is 0.0992. The number of hydrogen-bond donors (Lipinski definition) is 0. The van der Waals surface area contributed by atoms with Gasteiger partial charge in [-0.25, -0.2) is 4.98 Å². The van der Waals surface area contributed by atoms with Crippen molar-refractivity contribution in [2.24, 2.45) is 7.05 Å². The van der Waals surface area contributed by atoms with Gasteiger partial charge in [-0.05, 0) is 0 Å². The van der Waals surface area contributed by atoms with Crippen molar-refractivity contribution >= 4 is 17.1 Å². The summed E-state index contributed by atoms with van der Waals surface area (Å²) in [4.78, 5) is 16.5. The van der Waals surface area contributed by atoms with Gasteiger partial charge in [0.1, 0.15) is 5.01 Å². The molecule has 0 fully saturated rings. The Bertz CT molecular complexity index is 563. The minimum absolute atomic E-state index is 0.0338. The Hall–Kier alpha value is -1.49. The van der Waals surface area contributed by atoms with Crippen LogP contribution in [0.25, 0.3) is 0 Å². The van der Waals surface area contributed by atoms with Gasteiger partial charge in [-0.15, -0.1) is 11.3 Å². The number of thiazole rings is 1. The van der Waals surface area contributed by atoms with Crippen molar-refractivity contribution in [3.63, 3.8) is 0 Å². The minimum atomic E-state index is 0.0338. The van der Waals surface area contributed by atoms with E-state index >= 15 is 0 Å². The molecule has 2 aromatic heterocycles. The molecule has 0 unspecified atom stereocenters. The zero-order valence-corrected chi connectivity index (χ0v) is 11.9. The number of carbonyl (C=O) groups is 1. The smallest absolute Gasteiger partial charge is 0.172 e. The zero-order valence-electron chi connectivity index (χ0n) is 11.1. The van der Waals surface area contributed by atoms with Crippen LogP contribution in [0.15, 0.2) is 17.8 Å².